The normalized spacial score (nSPS) is 10.9. The largest absolute Gasteiger partial charge is 0.436 e. The summed E-state index contributed by atoms with van der Waals surface area (Å²) >= 11 is 4.91. The molecule has 0 aliphatic carbocycles. The zero-order chi connectivity index (χ0) is 16.5. The minimum atomic E-state index is -0.126. The summed E-state index contributed by atoms with van der Waals surface area (Å²) < 4.78 is 6.73. The first-order valence-corrected chi connectivity index (χ1v) is 8.88. The van der Waals surface area contributed by atoms with Crippen LogP contribution in [0.15, 0.2) is 68.9 Å². The Morgan fingerprint density at radius 1 is 1.12 bits per heavy atom. The molecule has 2 heterocycles. The van der Waals surface area contributed by atoms with Crippen molar-refractivity contribution in [3.63, 3.8) is 0 Å². The van der Waals surface area contributed by atoms with Crippen molar-refractivity contribution in [3.8, 4) is 11.5 Å². The maximum atomic E-state index is 12.1. The van der Waals surface area contributed by atoms with Gasteiger partial charge in [-0.2, -0.15) is 0 Å². The molecule has 4 aromatic rings. The summed E-state index contributed by atoms with van der Waals surface area (Å²) in [5, 5.41) is 4.75. The van der Waals surface area contributed by atoms with E-state index in [-0.39, 0.29) is 5.91 Å². The number of nitrogens with one attached hydrogen (secondary N) is 1. The lowest BCUT2D eigenvalue weighted by molar-refractivity contribution is 0.103. The predicted molar refractivity (Wildman–Crippen MR) is 99.4 cm³/mol. The number of oxazole rings is 1. The lowest BCUT2D eigenvalue weighted by Gasteiger charge is -2.02. The van der Waals surface area contributed by atoms with E-state index in [9.17, 15) is 4.79 Å². The first-order chi connectivity index (χ1) is 11.7. The second-order valence-electron chi connectivity index (χ2n) is 5.11. The number of hydrogen-bond donors (Lipinski definition) is 1. The second kappa shape index (κ2) is 6.22. The number of thiophene rings is 1. The van der Waals surface area contributed by atoms with Gasteiger partial charge in [0.15, 0.2) is 5.58 Å². The summed E-state index contributed by atoms with van der Waals surface area (Å²) in [4.78, 5) is 17.3. The Morgan fingerprint density at radius 2 is 2.00 bits per heavy atom. The topological polar surface area (TPSA) is 55.1 Å². The maximum absolute atomic E-state index is 12.1. The summed E-state index contributed by atoms with van der Waals surface area (Å²) in [6.07, 6.45) is 0. The number of carbonyl (C=O) groups is 1. The number of anilines is 1. The van der Waals surface area contributed by atoms with Crippen molar-refractivity contribution in [2.75, 3.05) is 5.32 Å². The Balaban J connectivity index is 1.66. The molecule has 1 N–H and O–H groups in total. The van der Waals surface area contributed by atoms with E-state index < -0.39 is 0 Å². The number of carbonyl (C=O) groups excluding carboxylic acids is 1. The van der Waals surface area contributed by atoms with Crippen LogP contribution in [0.1, 0.15) is 9.67 Å². The molecule has 0 saturated heterocycles. The maximum Gasteiger partial charge on any atom is 0.265 e. The lowest BCUT2D eigenvalue weighted by atomic mass is 10.2. The molecule has 118 valence electrons. The Hall–Kier alpha value is -2.44. The third-order valence-electron chi connectivity index (χ3n) is 3.49. The Morgan fingerprint density at radius 3 is 2.79 bits per heavy atom. The molecule has 0 radical (unpaired) electrons. The number of halogens is 1. The average molecular weight is 399 g/mol. The highest BCUT2D eigenvalue weighted by Crippen LogP contribution is 2.31. The number of benzene rings is 2. The summed E-state index contributed by atoms with van der Waals surface area (Å²) in [7, 11) is 0. The molecule has 4 nitrogen and oxygen atoms in total. The molecule has 0 aliphatic rings. The van der Waals surface area contributed by atoms with E-state index in [1.165, 1.54) is 11.3 Å². The van der Waals surface area contributed by atoms with Crippen molar-refractivity contribution in [1.82, 2.24) is 4.98 Å². The van der Waals surface area contributed by atoms with E-state index in [0.717, 1.165) is 10.0 Å². The van der Waals surface area contributed by atoms with E-state index in [4.69, 9.17) is 4.42 Å². The minimum absolute atomic E-state index is 0.126. The fourth-order valence-corrected chi connectivity index (χ4v) is 3.43. The van der Waals surface area contributed by atoms with Crippen LogP contribution in [0.25, 0.3) is 22.6 Å². The van der Waals surface area contributed by atoms with Crippen LogP contribution in [-0.4, -0.2) is 10.9 Å². The highest BCUT2D eigenvalue weighted by Gasteiger charge is 2.12. The molecular weight excluding hydrogens is 388 g/mol. The van der Waals surface area contributed by atoms with E-state index in [1.807, 2.05) is 53.9 Å². The number of fused-ring (bicyclic) bond motifs is 1. The minimum Gasteiger partial charge on any atom is -0.436 e. The third-order valence-corrected chi connectivity index (χ3v) is 5.05. The van der Waals surface area contributed by atoms with Gasteiger partial charge in [0.2, 0.25) is 5.89 Å². The molecule has 0 saturated carbocycles. The zero-order valence-corrected chi connectivity index (χ0v) is 14.7. The van der Waals surface area contributed by atoms with Gasteiger partial charge in [-0.25, -0.2) is 4.98 Å². The van der Waals surface area contributed by atoms with Crippen LogP contribution >= 0.6 is 27.3 Å². The fourth-order valence-electron chi connectivity index (χ4n) is 2.36. The molecule has 4 rings (SSSR count). The highest BCUT2D eigenvalue weighted by atomic mass is 79.9. The van der Waals surface area contributed by atoms with Crippen LogP contribution < -0.4 is 5.32 Å². The molecule has 0 atom stereocenters. The zero-order valence-electron chi connectivity index (χ0n) is 12.3. The Kier molecular flexibility index (Phi) is 3.92. The number of nitrogens with zero attached hydrogens (tertiary/aromatic N) is 1. The van der Waals surface area contributed by atoms with Crippen LogP contribution in [0.3, 0.4) is 0 Å². The molecule has 0 unspecified atom stereocenters. The Bertz CT molecular complexity index is 1020. The van der Waals surface area contributed by atoms with Gasteiger partial charge >= 0.3 is 0 Å². The van der Waals surface area contributed by atoms with Gasteiger partial charge in [-0.15, -0.1) is 11.3 Å². The lowest BCUT2D eigenvalue weighted by Crippen LogP contribution is -2.09. The smallest absolute Gasteiger partial charge is 0.265 e. The van der Waals surface area contributed by atoms with Gasteiger partial charge in [0, 0.05) is 10.2 Å². The number of aromatic nitrogens is 1. The quantitative estimate of drug-likeness (QED) is 0.490. The number of hydrogen-bond acceptors (Lipinski definition) is 4. The summed E-state index contributed by atoms with van der Waals surface area (Å²) in [6.45, 7) is 0. The molecular formula is C18H11BrN2O2S. The average Bonchev–Trinajstić information content (AvgIpc) is 3.24. The van der Waals surface area contributed by atoms with E-state index in [0.29, 0.717) is 27.6 Å². The standard InChI is InChI=1S/C18H11BrN2O2S/c19-13-5-2-1-4-12(13)18-21-14-10-11(7-8-15(14)23-18)20-17(22)16-6-3-9-24-16/h1-10H,(H,20,22). The van der Waals surface area contributed by atoms with E-state index in [2.05, 4.69) is 26.2 Å². The van der Waals surface area contributed by atoms with Crippen molar-refractivity contribution in [1.29, 1.82) is 0 Å². The molecule has 1 amide bonds. The van der Waals surface area contributed by atoms with Gasteiger partial charge < -0.3 is 9.73 Å². The van der Waals surface area contributed by atoms with Crippen molar-refractivity contribution < 1.29 is 9.21 Å². The molecule has 0 aliphatic heterocycles. The predicted octanol–water partition coefficient (Wildman–Crippen LogP) is 5.57. The molecule has 2 aromatic heterocycles. The molecule has 0 spiro atoms. The molecule has 24 heavy (non-hydrogen) atoms. The van der Waals surface area contributed by atoms with Crippen LogP contribution in [0.2, 0.25) is 0 Å². The third kappa shape index (κ3) is 2.86. The van der Waals surface area contributed by atoms with Crippen LogP contribution in [0.5, 0.6) is 0 Å². The van der Waals surface area contributed by atoms with Crippen molar-refractivity contribution in [2.24, 2.45) is 0 Å². The molecule has 0 bridgehead atoms. The van der Waals surface area contributed by atoms with Crippen LogP contribution in [0, 0.1) is 0 Å². The fraction of sp³-hybridized carbons (Fsp3) is 0. The van der Waals surface area contributed by atoms with Crippen molar-refractivity contribution >= 4 is 50.0 Å². The van der Waals surface area contributed by atoms with Gasteiger partial charge in [0.1, 0.15) is 5.52 Å². The first kappa shape index (κ1) is 15.1. The van der Waals surface area contributed by atoms with Crippen LogP contribution in [0.4, 0.5) is 5.69 Å². The second-order valence-corrected chi connectivity index (χ2v) is 6.91. The summed E-state index contributed by atoms with van der Waals surface area (Å²) in [6, 6.07) is 16.8. The van der Waals surface area contributed by atoms with Gasteiger partial charge in [-0.1, -0.05) is 18.2 Å². The molecule has 6 heteroatoms. The van der Waals surface area contributed by atoms with Crippen molar-refractivity contribution in [2.45, 2.75) is 0 Å². The van der Waals surface area contributed by atoms with Gasteiger partial charge in [0.25, 0.3) is 5.91 Å². The number of amides is 1. The Labute approximate surface area is 150 Å². The number of rotatable bonds is 3. The molecule has 2 aromatic carbocycles. The summed E-state index contributed by atoms with van der Waals surface area (Å²) in [5.41, 5.74) is 2.95. The SMILES string of the molecule is O=C(Nc1ccc2oc(-c3ccccc3Br)nc2c1)c1cccs1. The first-order valence-electron chi connectivity index (χ1n) is 7.21. The summed E-state index contributed by atoms with van der Waals surface area (Å²) in [5.74, 6) is 0.415. The van der Waals surface area contributed by atoms with Gasteiger partial charge in [-0.3, -0.25) is 4.79 Å². The van der Waals surface area contributed by atoms with Gasteiger partial charge in [0.05, 0.1) is 10.4 Å². The van der Waals surface area contributed by atoms with Crippen LogP contribution in [-0.2, 0) is 0 Å². The van der Waals surface area contributed by atoms with E-state index >= 15 is 0 Å². The van der Waals surface area contributed by atoms with E-state index in [1.54, 1.807) is 6.07 Å². The van der Waals surface area contributed by atoms with Crippen molar-refractivity contribution in [3.05, 3.63) is 69.3 Å². The monoisotopic (exact) mass is 398 g/mol. The van der Waals surface area contributed by atoms with Gasteiger partial charge in [-0.05, 0) is 57.7 Å². The highest BCUT2D eigenvalue weighted by molar-refractivity contribution is 9.10. The molecule has 0 fully saturated rings.